The number of hydrogen-bond acceptors (Lipinski definition) is 3. The molecule has 0 spiro atoms. The average molecular weight is 389 g/mol. The van der Waals surface area contributed by atoms with Crippen molar-refractivity contribution in [1.82, 2.24) is 5.32 Å². The fourth-order valence-corrected chi connectivity index (χ4v) is 3.79. The molecule has 3 N–H and O–H groups in total. The number of aliphatic carboxylic acids is 2. The number of rotatable bonds is 5. The standard InChI is InChI=1S/C24H23NO4/c1-14(17-9-5-4-6-10-17)13-18-11-7-8-12-19(18)22-20(23(26)27)15(2)25-16(3)21(22)24(28)29/h4-13,22,25H,1-3H3,(H,26,27)(H,28,29)/b14-13-. The van der Waals surface area contributed by atoms with Gasteiger partial charge in [-0.05, 0) is 43.0 Å². The summed E-state index contributed by atoms with van der Waals surface area (Å²) in [6, 6.07) is 17.2. The van der Waals surface area contributed by atoms with Gasteiger partial charge in [-0.2, -0.15) is 0 Å². The fourth-order valence-electron chi connectivity index (χ4n) is 3.79. The molecule has 0 unspecified atom stereocenters. The second-order valence-corrected chi connectivity index (χ2v) is 7.07. The van der Waals surface area contributed by atoms with Gasteiger partial charge >= 0.3 is 11.9 Å². The van der Waals surface area contributed by atoms with Crippen LogP contribution in [0.2, 0.25) is 0 Å². The van der Waals surface area contributed by atoms with Crippen molar-refractivity contribution in [2.45, 2.75) is 26.7 Å². The summed E-state index contributed by atoms with van der Waals surface area (Å²) in [6.45, 7) is 5.30. The normalized spacial score (nSPS) is 15.3. The fraction of sp³-hybridized carbons (Fsp3) is 0.167. The van der Waals surface area contributed by atoms with Gasteiger partial charge in [0.15, 0.2) is 0 Å². The van der Waals surface area contributed by atoms with Crippen LogP contribution in [0, 0.1) is 0 Å². The first-order valence-corrected chi connectivity index (χ1v) is 9.29. The number of carboxylic acid groups (broad SMARTS) is 2. The number of allylic oxidation sites excluding steroid dienone is 3. The molecular weight excluding hydrogens is 366 g/mol. The van der Waals surface area contributed by atoms with Gasteiger partial charge in [-0.1, -0.05) is 60.7 Å². The molecule has 0 radical (unpaired) electrons. The first-order valence-electron chi connectivity index (χ1n) is 9.29. The minimum Gasteiger partial charge on any atom is -0.478 e. The highest BCUT2D eigenvalue weighted by Gasteiger charge is 2.37. The molecule has 5 heteroatoms. The summed E-state index contributed by atoms with van der Waals surface area (Å²) in [4.78, 5) is 24.1. The molecule has 1 heterocycles. The van der Waals surface area contributed by atoms with Gasteiger partial charge in [-0.25, -0.2) is 9.59 Å². The quantitative estimate of drug-likeness (QED) is 0.648. The van der Waals surface area contributed by atoms with E-state index < -0.39 is 17.9 Å². The minimum atomic E-state index is -1.13. The van der Waals surface area contributed by atoms with Crippen LogP contribution in [0.15, 0.2) is 77.1 Å². The molecule has 0 atom stereocenters. The molecular formula is C24H23NO4. The zero-order valence-electron chi connectivity index (χ0n) is 16.6. The van der Waals surface area contributed by atoms with Crippen molar-refractivity contribution in [2.24, 2.45) is 0 Å². The summed E-state index contributed by atoms with van der Waals surface area (Å²) in [6.07, 6.45) is 1.97. The molecule has 2 aromatic carbocycles. The number of carboxylic acids is 2. The number of benzene rings is 2. The smallest absolute Gasteiger partial charge is 0.334 e. The lowest BCUT2D eigenvalue weighted by Gasteiger charge is -2.29. The molecule has 148 valence electrons. The molecule has 1 aliphatic heterocycles. The zero-order chi connectivity index (χ0) is 21.1. The topological polar surface area (TPSA) is 86.6 Å². The van der Waals surface area contributed by atoms with E-state index in [2.05, 4.69) is 5.32 Å². The summed E-state index contributed by atoms with van der Waals surface area (Å²) in [5, 5.41) is 22.6. The van der Waals surface area contributed by atoms with E-state index in [1.165, 1.54) is 0 Å². The first kappa shape index (κ1) is 20.1. The van der Waals surface area contributed by atoms with E-state index in [0.29, 0.717) is 17.0 Å². The molecule has 0 amide bonds. The zero-order valence-corrected chi connectivity index (χ0v) is 16.6. The van der Waals surface area contributed by atoms with Crippen molar-refractivity contribution in [3.8, 4) is 0 Å². The van der Waals surface area contributed by atoms with Crippen molar-refractivity contribution in [1.29, 1.82) is 0 Å². The molecule has 1 aliphatic rings. The Bertz CT molecular complexity index is 1030. The van der Waals surface area contributed by atoms with Crippen LogP contribution in [0.25, 0.3) is 11.6 Å². The molecule has 0 fully saturated rings. The Morgan fingerprint density at radius 1 is 0.862 bits per heavy atom. The van der Waals surface area contributed by atoms with E-state index in [4.69, 9.17) is 0 Å². The Hall–Kier alpha value is -3.60. The van der Waals surface area contributed by atoms with Crippen LogP contribution < -0.4 is 5.32 Å². The van der Waals surface area contributed by atoms with E-state index in [1.54, 1.807) is 26.0 Å². The summed E-state index contributed by atoms with van der Waals surface area (Å²) < 4.78 is 0. The van der Waals surface area contributed by atoms with Crippen LogP contribution in [0.1, 0.15) is 43.4 Å². The Morgan fingerprint density at radius 3 is 1.93 bits per heavy atom. The molecule has 29 heavy (non-hydrogen) atoms. The van der Waals surface area contributed by atoms with Gasteiger partial charge in [0.1, 0.15) is 0 Å². The molecule has 5 nitrogen and oxygen atoms in total. The van der Waals surface area contributed by atoms with Gasteiger partial charge in [-0.3, -0.25) is 0 Å². The SMILES string of the molecule is CC1=C(C(=O)O)C(c2ccccc2/C=C(/C)c2ccccc2)C(C(=O)O)=C(C)N1. The van der Waals surface area contributed by atoms with Crippen LogP contribution in [0.3, 0.4) is 0 Å². The maximum absolute atomic E-state index is 12.0. The van der Waals surface area contributed by atoms with Gasteiger partial charge in [0.05, 0.1) is 17.1 Å². The summed E-state index contributed by atoms with van der Waals surface area (Å²) in [5.41, 5.74) is 4.48. The lowest BCUT2D eigenvalue weighted by atomic mass is 9.78. The van der Waals surface area contributed by atoms with Crippen LogP contribution in [-0.2, 0) is 9.59 Å². The number of carbonyl (C=O) groups is 2. The summed E-state index contributed by atoms with van der Waals surface area (Å²) >= 11 is 0. The third-order valence-corrected chi connectivity index (χ3v) is 5.13. The Kier molecular flexibility index (Phi) is 5.69. The van der Waals surface area contributed by atoms with Gasteiger partial charge < -0.3 is 15.5 Å². The molecule has 0 aromatic heterocycles. The number of hydrogen-bond donors (Lipinski definition) is 3. The number of nitrogens with one attached hydrogen (secondary N) is 1. The highest BCUT2D eigenvalue weighted by atomic mass is 16.4. The van der Waals surface area contributed by atoms with Crippen LogP contribution in [0.5, 0.6) is 0 Å². The predicted octanol–water partition coefficient (Wildman–Crippen LogP) is 4.65. The van der Waals surface area contributed by atoms with Crippen molar-refractivity contribution < 1.29 is 19.8 Å². The lowest BCUT2D eigenvalue weighted by Crippen LogP contribution is -2.31. The Labute approximate surface area is 169 Å². The molecule has 3 rings (SSSR count). The van der Waals surface area contributed by atoms with Crippen molar-refractivity contribution in [3.63, 3.8) is 0 Å². The lowest BCUT2D eigenvalue weighted by molar-refractivity contribution is -0.133. The van der Waals surface area contributed by atoms with Gasteiger partial charge in [0, 0.05) is 11.4 Å². The largest absolute Gasteiger partial charge is 0.478 e. The Morgan fingerprint density at radius 2 is 1.38 bits per heavy atom. The summed E-state index contributed by atoms with van der Waals surface area (Å²) in [5.74, 6) is -3.14. The molecule has 0 saturated heterocycles. The molecule has 0 aliphatic carbocycles. The maximum Gasteiger partial charge on any atom is 0.334 e. The van der Waals surface area contributed by atoms with E-state index in [0.717, 1.165) is 16.7 Å². The van der Waals surface area contributed by atoms with Gasteiger partial charge in [0.25, 0.3) is 0 Å². The second-order valence-electron chi connectivity index (χ2n) is 7.07. The van der Waals surface area contributed by atoms with E-state index >= 15 is 0 Å². The van der Waals surface area contributed by atoms with Crippen molar-refractivity contribution in [2.75, 3.05) is 0 Å². The van der Waals surface area contributed by atoms with Gasteiger partial charge in [-0.15, -0.1) is 0 Å². The van der Waals surface area contributed by atoms with Crippen LogP contribution >= 0.6 is 0 Å². The predicted molar refractivity (Wildman–Crippen MR) is 113 cm³/mol. The van der Waals surface area contributed by atoms with Crippen LogP contribution in [-0.4, -0.2) is 22.2 Å². The summed E-state index contributed by atoms with van der Waals surface area (Å²) in [7, 11) is 0. The third-order valence-electron chi connectivity index (χ3n) is 5.13. The molecule has 0 bridgehead atoms. The van der Waals surface area contributed by atoms with Gasteiger partial charge in [0.2, 0.25) is 0 Å². The maximum atomic E-state index is 12.0. The highest BCUT2D eigenvalue weighted by Crippen LogP contribution is 2.40. The monoisotopic (exact) mass is 389 g/mol. The Balaban J connectivity index is 2.22. The van der Waals surface area contributed by atoms with Crippen molar-refractivity contribution >= 4 is 23.6 Å². The van der Waals surface area contributed by atoms with Crippen molar-refractivity contribution in [3.05, 3.63) is 93.8 Å². The third kappa shape index (κ3) is 3.99. The highest BCUT2D eigenvalue weighted by molar-refractivity contribution is 5.99. The number of dihydropyridines is 1. The van der Waals surface area contributed by atoms with E-state index in [-0.39, 0.29) is 11.1 Å². The molecule has 0 saturated carbocycles. The minimum absolute atomic E-state index is 0.0474. The van der Waals surface area contributed by atoms with E-state index in [1.807, 2.05) is 55.5 Å². The van der Waals surface area contributed by atoms with Crippen LogP contribution in [0.4, 0.5) is 0 Å². The average Bonchev–Trinajstić information content (AvgIpc) is 2.67. The molecule has 2 aromatic rings. The second kappa shape index (κ2) is 8.19. The van der Waals surface area contributed by atoms with E-state index in [9.17, 15) is 19.8 Å². The first-order chi connectivity index (χ1) is 13.8.